The summed E-state index contributed by atoms with van der Waals surface area (Å²) in [4.78, 5) is 21.1. The van der Waals surface area contributed by atoms with E-state index >= 15 is 0 Å². The fraction of sp³-hybridized carbons (Fsp3) is 0.130. The average molecular weight is 478 g/mol. The number of hydrogen-bond donors (Lipinski definition) is 0. The molecule has 0 aliphatic rings. The van der Waals surface area contributed by atoms with Crippen LogP contribution in [0.15, 0.2) is 78.0 Å². The number of thioether (sulfide) groups is 1. The summed E-state index contributed by atoms with van der Waals surface area (Å²) in [5, 5.41) is 31.7. The van der Waals surface area contributed by atoms with Crippen molar-refractivity contribution in [3.63, 3.8) is 0 Å². The van der Waals surface area contributed by atoms with Gasteiger partial charge in [0.15, 0.2) is 11.0 Å². The van der Waals surface area contributed by atoms with Crippen LogP contribution in [0.3, 0.4) is 0 Å². The van der Waals surface area contributed by atoms with Crippen molar-refractivity contribution in [2.75, 3.05) is 7.11 Å². The molecule has 172 valence electrons. The summed E-state index contributed by atoms with van der Waals surface area (Å²) < 4.78 is 7.27. The van der Waals surface area contributed by atoms with Gasteiger partial charge in [-0.2, -0.15) is 0 Å². The van der Waals surface area contributed by atoms with Gasteiger partial charge in [0, 0.05) is 23.4 Å². The Morgan fingerprint density at radius 1 is 0.882 bits per heavy atom. The predicted molar refractivity (Wildman–Crippen MR) is 127 cm³/mol. The largest absolute Gasteiger partial charge is 0.497 e. The number of ether oxygens (including phenoxy) is 1. The van der Waals surface area contributed by atoms with Gasteiger partial charge < -0.3 is 4.74 Å². The van der Waals surface area contributed by atoms with Crippen molar-refractivity contribution < 1.29 is 14.6 Å². The van der Waals surface area contributed by atoms with Crippen molar-refractivity contribution >= 4 is 23.1 Å². The molecule has 0 bridgehead atoms. The topological polar surface area (TPSA) is 126 Å². The van der Waals surface area contributed by atoms with Gasteiger partial charge in [0.1, 0.15) is 5.75 Å². The highest BCUT2D eigenvalue weighted by molar-refractivity contribution is 7.98. The molecule has 0 aliphatic carbocycles. The fourth-order valence-electron chi connectivity index (χ4n) is 3.39. The molecule has 0 N–H and O–H groups in total. The smallest absolute Gasteiger partial charge is 0.276 e. The number of nitro groups is 2. The summed E-state index contributed by atoms with van der Waals surface area (Å²) >= 11 is 1.30. The monoisotopic (exact) mass is 477 g/mol. The van der Waals surface area contributed by atoms with E-state index < -0.39 is 9.85 Å². The van der Waals surface area contributed by atoms with E-state index in [9.17, 15) is 20.2 Å². The van der Waals surface area contributed by atoms with Gasteiger partial charge in [-0.05, 0) is 23.3 Å². The SMILES string of the molecule is COc1cccc(Cn2c(SCc3cc([N+](=O)[O-])cc([N+](=O)[O-])c3)nnc2-c2ccccc2)c1. The van der Waals surface area contributed by atoms with Crippen LogP contribution >= 0.6 is 11.8 Å². The summed E-state index contributed by atoms with van der Waals surface area (Å²) in [7, 11) is 1.60. The Balaban J connectivity index is 1.67. The summed E-state index contributed by atoms with van der Waals surface area (Å²) in [5.41, 5.74) is 1.66. The summed E-state index contributed by atoms with van der Waals surface area (Å²) in [6, 6.07) is 20.9. The lowest BCUT2D eigenvalue weighted by molar-refractivity contribution is -0.394. The first-order valence-electron chi connectivity index (χ1n) is 10.1. The number of nitro benzene ring substituents is 2. The number of non-ortho nitro benzene ring substituents is 2. The Morgan fingerprint density at radius 3 is 2.24 bits per heavy atom. The third kappa shape index (κ3) is 5.21. The van der Waals surface area contributed by atoms with Crippen LogP contribution in [-0.2, 0) is 12.3 Å². The Morgan fingerprint density at radius 2 is 1.59 bits per heavy atom. The third-order valence-corrected chi connectivity index (χ3v) is 6.01. The van der Waals surface area contributed by atoms with Crippen LogP contribution in [0.25, 0.3) is 11.4 Å². The third-order valence-electron chi connectivity index (χ3n) is 4.98. The van der Waals surface area contributed by atoms with Crippen LogP contribution < -0.4 is 4.74 Å². The Kier molecular flexibility index (Phi) is 6.83. The molecule has 0 aliphatic heterocycles. The van der Waals surface area contributed by atoms with E-state index in [-0.39, 0.29) is 17.1 Å². The van der Waals surface area contributed by atoms with E-state index in [0.717, 1.165) is 22.9 Å². The van der Waals surface area contributed by atoms with E-state index in [1.807, 2.05) is 59.2 Å². The molecule has 4 aromatic rings. The molecule has 1 heterocycles. The second kappa shape index (κ2) is 10.1. The zero-order valence-corrected chi connectivity index (χ0v) is 18.8. The number of aromatic nitrogens is 3. The lowest BCUT2D eigenvalue weighted by Crippen LogP contribution is -2.04. The highest BCUT2D eigenvalue weighted by Gasteiger charge is 2.19. The van der Waals surface area contributed by atoms with Gasteiger partial charge in [-0.25, -0.2) is 0 Å². The molecule has 3 aromatic carbocycles. The first-order valence-corrected chi connectivity index (χ1v) is 11.1. The molecule has 0 radical (unpaired) electrons. The van der Waals surface area contributed by atoms with Crippen molar-refractivity contribution in [1.29, 1.82) is 0 Å². The maximum atomic E-state index is 11.2. The standard InChI is InChI=1S/C23H19N5O5S/c1-33-21-9-5-6-16(12-21)14-26-22(18-7-3-2-4-8-18)24-25-23(26)34-15-17-10-19(27(29)30)13-20(11-17)28(31)32/h2-13H,14-15H2,1H3. The molecule has 0 saturated carbocycles. The molecule has 0 amide bonds. The van der Waals surface area contributed by atoms with E-state index in [1.165, 1.54) is 23.9 Å². The number of nitrogens with zero attached hydrogens (tertiary/aromatic N) is 5. The second-order valence-corrected chi connectivity index (χ2v) is 8.21. The minimum atomic E-state index is -0.639. The molecule has 0 fully saturated rings. The van der Waals surface area contributed by atoms with Crippen LogP contribution in [0, 0.1) is 20.2 Å². The van der Waals surface area contributed by atoms with Crippen LogP contribution in [-0.4, -0.2) is 31.7 Å². The predicted octanol–water partition coefficient (Wildman–Crippen LogP) is 5.11. The molecule has 34 heavy (non-hydrogen) atoms. The average Bonchev–Trinajstić information content (AvgIpc) is 3.25. The number of hydrogen-bond acceptors (Lipinski definition) is 8. The normalized spacial score (nSPS) is 10.7. The van der Waals surface area contributed by atoms with Crippen molar-refractivity contribution in [1.82, 2.24) is 14.8 Å². The lowest BCUT2D eigenvalue weighted by Gasteiger charge is -2.11. The highest BCUT2D eigenvalue weighted by Crippen LogP contribution is 2.30. The maximum absolute atomic E-state index is 11.2. The molecule has 0 atom stereocenters. The van der Waals surface area contributed by atoms with Gasteiger partial charge in [0.25, 0.3) is 11.4 Å². The number of methoxy groups -OCH3 is 1. The van der Waals surface area contributed by atoms with Gasteiger partial charge in [-0.3, -0.25) is 24.8 Å². The number of rotatable bonds is 9. The zero-order chi connectivity index (χ0) is 24.1. The van der Waals surface area contributed by atoms with E-state index in [0.29, 0.717) is 23.1 Å². The fourth-order valence-corrected chi connectivity index (χ4v) is 4.26. The van der Waals surface area contributed by atoms with Crippen LogP contribution in [0.4, 0.5) is 11.4 Å². The minimum Gasteiger partial charge on any atom is -0.497 e. The molecule has 10 nitrogen and oxygen atoms in total. The van der Waals surface area contributed by atoms with Gasteiger partial charge in [0.05, 0.1) is 29.6 Å². The van der Waals surface area contributed by atoms with Crippen molar-refractivity contribution in [2.45, 2.75) is 17.5 Å². The zero-order valence-electron chi connectivity index (χ0n) is 18.0. The molecular weight excluding hydrogens is 458 g/mol. The summed E-state index contributed by atoms with van der Waals surface area (Å²) in [5.74, 6) is 1.63. The summed E-state index contributed by atoms with van der Waals surface area (Å²) in [6.07, 6.45) is 0. The van der Waals surface area contributed by atoms with Gasteiger partial charge >= 0.3 is 0 Å². The lowest BCUT2D eigenvalue weighted by atomic mass is 10.2. The first kappa shape index (κ1) is 22.9. The second-order valence-electron chi connectivity index (χ2n) is 7.27. The Hall–Kier alpha value is -4.25. The molecule has 1 aromatic heterocycles. The molecule has 4 rings (SSSR count). The van der Waals surface area contributed by atoms with Crippen molar-refractivity contribution in [3.8, 4) is 17.1 Å². The van der Waals surface area contributed by atoms with Crippen LogP contribution in [0.5, 0.6) is 5.75 Å². The molecule has 0 spiro atoms. The first-order chi connectivity index (χ1) is 16.4. The molecule has 0 saturated heterocycles. The highest BCUT2D eigenvalue weighted by atomic mass is 32.2. The van der Waals surface area contributed by atoms with Gasteiger partial charge in [-0.1, -0.05) is 54.2 Å². The van der Waals surface area contributed by atoms with Gasteiger partial charge in [0.2, 0.25) is 0 Å². The summed E-state index contributed by atoms with van der Waals surface area (Å²) in [6.45, 7) is 0.464. The number of benzene rings is 3. The van der Waals surface area contributed by atoms with Gasteiger partial charge in [-0.15, -0.1) is 10.2 Å². The van der Waals surface area contributed by atoms with E-state index in [4.69, 9.17) is 4.74 Å². The molecular formula is C23H19N5O5S. The molecule has 11 heteroatoms. The van der Waals surface area contributed by atoms with Crippen LogP contribution in [0.2, 0.25) is 0 Å². The van der Waals surface area contributed by atoms with Crippen molar-refractivity contribution in [2.24, 2.45) is 0 Å². The van der Waals surface area contributed by atoms with E-state index in [1.54, 1.807) is 7.11 Å². The minimum absolute atomic E-state index is 0.244. The Bertz CT molecular complexity index is 1310. The van der Waals surface area contributed by atoms with Crippen molar-refractivity contribution in [3.05, 3.63) is 104 Å². The maximum Gasteiger partial charge on any atom is 0.276 e. The van der Waals surface area contributed by atoms with Crippen LogP contribution in [0.1, 0.15) is 11.1 Å². The Labute approximate surface area is 198 Å². The molecule has 0 unspecified atom stereocenters. The van der Waals surface area contributed by atoms with E-state index in [2.05, 4.69) is 10.2 Å². The quantitative estimate of drug-likeness (QED) is 0.185.